The number of amides is 1. The zero-order valence-corrected chi connectivity index (χ0v) is 12.3. The number of nitrogens with one attached hydrogen (secondary N) is 1. The maximum absolute atomic E-state index is 12.1. The van der Waals surface area contributed by atoms with Crippen LogP contribution >= 0.6 is 0 Å². The van der Waals surface area contributed by atoms with Gasteiger partial charge in [-0.1, -0.05) is 13.8 Å². The third-order valence-electron chi connectivity index (χ3n) is 4.06. The summed E-state index contributed by atoms with van der Waals surface area (Å²) in [7, 11) is 4.13. The topological polar surface area (TPSA) is 58.4 Å². The molecule has 0 aromatic carbocycles. The van der Waals surface area contributed by atoms with Crippen molar-refractivity contribution in [2.45, 2.75) is 51.6 Å². The number of carbonyl (C=O) groups excluding carboxylic acids is 1. The SMILES string of the molecule is CC(C)C(CNC(=O)C1CCC(N)CC1)N(C)C. The van der Waals surface area contributed by atoms with Crippen molar-refractivity contribution in [2.24, 2.45) is 17.6 Å². The third kappa shape index (κ3) is 4.58. The maximum atomic E-state index is 12.1. The number of likely N-dealkylation sites (N-methyl/N-ethyl adjacent to an activating group) is 1. The largest absolute Gasteiger partial charge is 0.354 e. The highest BCUT2D eigenvalue weighted by molar-refractivity contribution is 5.78. The molecule has 0 saturated heterocycles. The highest BCUT2D eigenvalue weighted by Gasteiger charge is 2.25. The summed E-state index contributed by atoms with van der Waals surface area (Å²) >= 11 is 0. The van der Waals surface area contributed by atoms with Crippen molar-refractivity contribution < 1.29 is 4.79 Å². The van der Waals surface area contributed by atoms with Crippen molar-refractivity contribution in [2.75, 3.05) is 20.6 Å². The average Bonchev–Trinajstić information content (AvgIpc) is 2.28. The first kappa shape index (κ1) is 15.4. The summed E-state index contributed by atoms with van der Waals surface area (Å²) in [5.74, 6) is 0.939. The van der Waals surface area contributed by atoms with Gasteiger partial charge in [0.05, 0.1) is 0 Å². The fraction of sp³-hybridized carbons (Fsp3) is 0.929. The lowest BCUT2D eigenvalue weighted by Crippen LogP contribution is -2.45. The Hall–Kier alpha value is -0.610. The molecule has 1 aliphatic rings. The summed E-state index contributed by atoms with van der Waals surface area (Å²) in [6.45, 7) is 5.12. The van der Waals surface area contributed by atoms with Crippen LogP contribution in [0.4, 0.5) is 0 Å². The van der Waals surface area contributed by atoms with Gasteiger partial charge < -0.3 is 16.0 Å². The summed E-state index contributed by atoms with van der Waals surface area (Å²) < 4.78 is 0. The van der Waals surface area contributed by atoms with E-state index in [9.17, 15) is 4.79 Å². The lowest BCUT2D eigenvalue weighted by Gasteiger charge is -2.30. The molecule has 0 aromatic rings. The Bertz CT molecular complexity index is 250. The van der Waals surface area contributed by atoms with Crippen molar-refractivity contribution in [1.29, 1.82) is 0 Å². The van der Waals surface area contributed by atoms with Crippen molar-refractivity contribution in [3.05, 3.63) is 0 Å². The second-order valence-corrected chi connectivity index (χ2v) is 6.13. The van der Waals surface area contributed by atoms with E-state index >= 15 is 0 Å². The van der Waals surface area contributed by atoms with Crippen LogP contribution in [0.2, 0.25) is 0 Å². The van der Waals surface area contributed by atoms with Crippen LogP contribution in [0.15, 0.2) is 0 Å². The van der Waals surface area contributed by atoms with Crippen molar-refractivity contribution in [3.8, 4) is 0 Å². The first-order valence-electron chi connectivity index (χ1n) is 7.11. The zero-order valence-electron chi connectivity index (χ0n) is 12.3. The van der Waals surface area contributed by atoms with Gasteiger partial charge in [-0.3, -0.25) is 4.79 Å². The van der Waals surface area contributed by atoms with Crippen LogP contribution in [-0.4, -0.2) is 43.5 Å². The van der Waals surface area contributed by atoms with Crippen LogP contribution in [0.25, 0.3) is 0 Å². The third-order valence-corrected chi connectivity index (χ3v) is 4.06. The van der Waals surface area contributed by atoms with Crippen LogP contribution in [0, 0.1) is 11.8 Å². The summed E-state index contributed by atoms with van der Waals surface area (Å²) in [6, 6.07) is 0.707. The quantitative estimate of drug-likeness (QED) is 0.776. The number of nitrogens with zero attached hydrogens (tertiary/aromatic N) is 1. The summed E-state index contributed by atoms with van der Waals surface area (Å²) in [4.78, 5) is 14.3. The Morgan fingerprint density at radius 2 is 1.83 bits per heavy atom. The van der Waals surface area contributed by atoms with Crippen LogP contribution in [0.3, 0.4) is 0 Å². The Labute approximate surface area is 111 Å². The van der Waals surface area contributed by atoms with Crippen LogP contribution < -0.4 is 11.1 Å². The van der Waals surface area contributed by atoms with E-state index in [1.54, 1.807) is 0 Å². The monoisotopic (exact) mass is 255 g/mol. The van der Waals surface area contributed by atoms with Gasteiger partial charge in [-0.15, -0.1) is 0 Å². The molecule has 1 fully saturated rings. The second-order valence-electron chi connectivity index (χ2n) is 6.13. The fourth-order valence-corrected chi connectivity index (χ4v) is 2.75. The van der Waals surface area contributed by atoms with Gasteiger partial charge in [0.2, 0.25) is 5.91 Å². The molecule has 4 nitrogen and oxygen atoms in total. The van der Waals surface area contributed by atoms with E-state index < -0.39 is 0 Å². The predicted molar refractivity (Wildman–Crippen MR) is 75.3 cm³/mol. The minimum Gasteiger partial charge on any atom is -0.354 e. The molecule has 106 valence electrons. The standard InChI is InChI=1S/C14H29N3O/c1-10(2)13(17(3)4)9-16-14(18)11-5-7-12(15)8-6-11/h10-13H,5-9,15H2,1-4H3,(H,16,18). The molecule has 0 heterocycles. The molecule has 1 atom stereocenters. The highest BCUT2D eigenvalue weighted by Crippen LogP contribution is 2.23. The minimum absolute atomic E-state index is 0.180. The fourth-order valence-electron chi connectivity index (χ4n) is 2.75. The summed E-state index contributed by atoms with van der Waals surface area (Å²) in [5, 5.41) is 3.11. The van der Waals surface area contributed by atoms with Crippen LogP contribution in [0.5, 0.6) is 0 Å². The molecule has 0 radical (unpaired) electrons. The molecule has 0 aromatic heterocycles. The Morgan fingerprint density at radius 3 is 2.28 bits per heavy atom. The number of rotatable bonds is 5. The van der Waals surface area contributed by atoms with Gasteiger partial charge in [0.1, 0.15) is 0 Å². The van der Waals surface area contributed by atoms with Crippen molar-refractivity contribution in [3.63, 3.8) is 0 Å². The first-order valence-corrected chi connectivity index (χ1v) is 7.11. The molecular weight excluding hydrogens is 226 g/mol. The molecule has 0 spiro atoms. The van der Waals surface area contributed by atoms with Gasteiger partial charge >= 0.3 is 0 Å². The molecule has 4 heteroatoms. The van der Waals surface area contributed by atoms with Crippen molar-refractivity contribution in [1.82, 2.24) is 10.2 Å². The molecule has 1 aliphatic carbocycles. The normalized spacial score (nSPS) is 26.4. The van der Waals surface area contributed by atoms with Gasteiger partial charge in [0.25, 0.3) is 0 Å². The van der Waals surface area contributed by atoms with Gasteiger partial charge in [-0.2, -0.15) is 0 Å². The number of hydrogen-bond donors (Lipinski definition) is 2. The molecule has 3 N–H and O–H groups in total. The molecular formula is C14H29N3O. The number of carbonyl (C=O) groups is 1. The van der Waals surface area contributed by atoms with Gasteiger partial charge in [-0.05, 0) is 45.7 Å². The summed E-state index contributed by atoms with van der Waals surface area (Å²) in [6.07, 6.45) is 3.86. The molecule has 1 unspecified atom stereocenters. The van der Waals surface area contributed by atoms with E-state index in [0.717, 1.165) is 32.2 Å². The van der Waals surface area contributed by atoms with Gasteiger partial charge in [0.15, 0.2) is 0 Å². The molecule has 0 bridgehead atoms. The smallest absolute Gasteiger partial charge is 0.223 e. The van der Waals surface area contributed by atoms with E-state index in [1.165, 1.54) is 0 Å². The molecule has 18 heavy (non-hydrogen) atoms. The van der Waals surface area contributed by atoms with Gasteiger partial charge in [-0.25, -0.2) is 0 Å². The Balaban J connectivity index is 2.36. The molecule has 1 saturated carbocycles. The second kappa shape index (κ2) is 7.10. The molecule has 0 aliphatic heterocycles. The van der Waals surface area contributed by atoms with E-state index in [2.05, 4.69) is 38.2 Å². The number of hydrogen-bond acceptors (Lipinski definition) is 3. The maximum Gasteiger partial charge on any atom is 0.223 e. The predicted octanol–water partition coefficient (Wildman–Crippen LogP) is 1.21. The van der Waals surface area contributed by atoms with Crippen LogP contribution in [0.1, 0.15) is 39.5 Å². The highest BCUT2D eigenvalue weighted by atomic mass is 16.1. The van der Waals surface area contributed by atoms with E-state index in [-0.39, 0.29) is 11.8 Å². The van der Waals surface area contributed by atoms with E-state index in [0.29, 0.717) is 18.0 Å². The lowest BCUT2D eigenvalue weighted by atomic mass is 9.86. The summed E-state index contributed by atoms with van der Waals surface area (Å²) in [5.41, 5.74) is 5.86. The zero-order chi connectivity index (χ0) is 13.7. The lowest BCUT2D eigenvalue weighted by molar-refractivity contribution is -0.126. The Morgan fingerprint density at radius 1 is 1.28 bits per heavy atom. The van der Waals surface area contributed by atoms with E-state index in [1.807, 2.05) is 0 Å². The van der Waals surface area contributed by atoms with Crippen LogP contribution in [-0.2, 0) is 4.79 Å². The average molecular weight is 255 g/mol. The molecule has 1 amide bonds. The minimum atomic E-state index is 0.180. The first-order chi connectivity index (χ1) is 8.41. The van der Waals surface area contributed by atoms with Gasteiger partial charge in [0, 0.05) is 24.5 Å². The Kier molecular flexibility index (Phi) is 6.09. The van der Waals surface area contributed by atoms with E-state index in [4.69, 9.17) is 5.73 Å². The molecule has 1 rings (SSSR count). The van der Waals surface area contributed by atoms with Crippen molar-refractivity contribution >= 4 is 5.91 Å². The number of nitrogens with two attached hydrogens (primary N) is 1.